The highest BCUT2D eigenvalue weighted by atomic mass is 19.3. The van der Waals surface area contributed by atoms with E-state index in [0.717, 1.165) is 10.3 Å². The van der Waals surface area contributed by atoms with Crippen molar-refractivity contribution in [3.8, 4) is 17.5 Å². The minimum Gasteiger partial charge on any atom is -0.433 e. The molecule has 0 amide bonds. The first-order valence-corrected chi connectivity index (χ1v) is 11.2. The van der Waals surface area contributed by atoms with E-state index < -0.39 is 17.4 Å². The SMILES string of the molecule is Cc1cccc(Cn2c(Oc3cccc(OC(C)(F)F)c3)nc3c2c(=O)n(CCCO)c(=O)n3C)n1. The topological polar surface area (TPSA) is 113 Å². The number of aromatic nitrogens is 5. The minimum absolute atomic E-state index is 0.0205. The third-order valence-electron chi connectivity index (χ3n) is 5.32. The molecular formula is C24H25F2N5O5. The molecule has 36 heavy (non-hydrogen) atoms. The van der Waals surface area contributed by atoms with Crippen molar-refractivity contribution in [3.05, 3.63) is 74.7 Å². The number of nitrogens with zero attached hydrogens (tertiary/aromatic N) is 5. The zero-order valence-electron chi connectivity index (χ0n) is 19.9. The third-order valence-corrected chi connectivity index (χ3v) is 5.32. The summed E-state index contributed by atoms with van der Waals surface area (Å²) in [5, 5.41) is 9.20. The van der Waals surface area contributed by atoms with E-state index in [1.165, 1.54) is 40.4 Å². The predicted octanol–water partition coefficient (Wildman–Crippen LogP) is 2.81. The first-order chi connectivity index (χ1) is 17.1. The fourth-order valence-corrected chi connectivity index (χ4v) is 3.77. The van der Waals surface area contributed by atoms with Crippen molar-refractivity contribution in [1.29, 1.82) is 0 Å². The Bertz CT molecular complexity index is 1520. The molecule has 10 nitrogen and oxygen atoms in total. The van der Waals surface area contributed by atoms with Crippen molar-refractivity contribution >= 4 is 11.2 Å². The molecule has 0 aliphatic rings. The van der Waals surface area contributed by atoms with E-state index in [-0.39, 0.29) is 54.8 Å². The lowest BCUT2D eigenvalue weighted by molar-refractivity contribution is -0.159. The van der Waals surface area contributed by atoms with Crippen LogP contribution in [0.2, 0.25) is 0 Å². The van der Waals surface area contributed by atoms with Gasteiger partial charge in [0.2, 0.25) is 0 Å². The number of halogens is 2. The molecule has 0 saturated heterocycles. The maximum Gasteiger partial charge on any atom is 0.394 e. The molecule has 0 unspecified atom stereocenters. The number of pyridine rings is 1. The number of hydrogen-bond acceptors (Lipinski definition) is 7. The molecule has 0 aliphatic carbocycles. The largest absolute Gasteiger partial charge is 0.433 e. The summed E-state index contributed by atoms with van der Waals surface area (Å²) < 4.78 is 40.9. The van der Waals surface area contributed by atoms with Gasteiger partial charge in [-0.15, -0.1) is 0 Å². The maximum absolute atomic E-state index is 13.4. The summed E-state index contributed by atoms with van der Waals surface area (Å²) in [6, 6.07) is 11.0. The average Bonchev–Trinajstić information content (AvgIpc) is 3.15. The summed E-state index contributed by atoms with van der Waals surface area (Å²) in [6.45, 7) is 2.37. The lowest BCUT2D eigenvalue weighted by atomic mass is 10.3. The Labute approximate surface area is 204 Å². The molecule has 3 aromatic heterocycles. The van der Waals surface area contributed by atoms with Crippen molar-refractivity contribution in [1.82, 2.24) is 23.7 Å². The number of imidazole rings is 1. The molecular weight excluding hydrogens is 476 g/mol. The molecule has 0 bridgehead atoms. The van der Waals surface area contributed by atoms with E-state index in [9.17, 15) is 23.5 Å². The number of alkyl halides is 2. The Morgan fingerprint density at radius 2 is 1.78 bits per heavy atom. The standard InChI is InChI=1S/C24H25F2N5O5/c1-15-7-4-8-16(27-15)14-31-19-20(29(3)23(34)30(21(19)33)11-6-12-32)28-22(31)35-17-9-5-10-18(13-17)36-24(2,25)26/h4-5,7-10,13,32H,6,11-12,14H2,1-3H3. The first kappa shape index (κ1) is 25.0. The van der Waals surface area contributed by atoms with Gasteiger partial charge in [0.25, 0.3) is 5.56 Å². The van der Waals surface area contributed by atoms with Crippen LogP contribution in [0.4, 0.5) is 8.78 Å². The summed E-state index contributed by atoms with van der Waals surface area (Å²) in [5.41, 5.74) is 0.362. The van der Waals surface area contributed by atoms with Crippen molar-refractivity contribution in [2.24, 2.45) is 7.05 Å². The van der Waals surface area contributed by atoms with Gasteiger partial charge in [-0.2, -0.15) is 13.8 Å². The molecule has 0 saturated carbocycles. The van der Waals surface area contributed by atoms with E-state index in [0.29, 0.717) is 12.6 Å². The summed E-state index contributed by atoms with van der Waals surface area (Å²) in [6.07, 6.45) is -3.17. The maximum atomic E-state index is 13.4. The Kier molecular flexibility index (Phi) is 6.88. The third kappa shape index (κ3) is 5.28. The molecule has 190 valence electrons. The summed E-state index contributed by atoms with van der Waals surface area (Å²) >= 11 is 0. The molecule has 0 fully saturated rings. The van der Waals surface area contributed by atoms with Gasteiger partial charge in [-0.1, -0.05) is 12.1 Å². The molecule has 12 heteroatoms. The van der Waals surface area contributed by atoms with Gasteiger partial charge in [0.05, 0.1) is 12.2 Å². The fraction of sp³-hybridized carbons (Fsp3) is 0.333. The highest BCUT2D eigenvalue weighted by Crippen LogP contribution is 2.29. The lowest BCUT2D eigenvalue weighted by Gasteiger charge is -2.14. The summed E-state index contributed by atoms with van der Waals surface area (Å²) in [7, 11) is 1.48. The average molecular weight is 501 g/mol. The van der Waals surface area contributed by atoms with Crippen LogP contribution in [0.5, 0.6) is 17.5 Å². The smallest absolute Gasteiger partial charge is 0.394 e. The Morgan fingerprint density at radius 3 is 2.47 bits per heavy atom. The number of benzene rings is 1. The van der Waals surface area contributed by atoms with Crippen LogP contribution in [-0.4, -0.2) is 41.5 Å². The van der Waals surface area contributed by atoms with Gasteiger partial charge in [0, 0.05) is 38.9 Å². The van der Waals surface area contributed by atoms with Crippen LogP contribution in [0.1, 0.15) is 24.7 Å². The number of aryl methyl sites for hydroxylation is 2. The highest BCUT2D eigenvalue weighted by molar-refractivity contribution is 5.72. The van der Waals surface area contributed by atoms with Gasteiger partial charge in [-0.25, -0.2) is 4.79 Å². The first-order valence-electron chi connectivity index (χ1n) is 11.2. The second-order valence-electron chi connectivity index (χ2n) is 8.29. The number of aliphatic hydroxyl groups is 1. The van der Waals surface area contributed by atoms with Crippen molar-refractivity contribution in [3.63, 3.8) is 0 Å². The number of aliphatic hydroxyl groups excluding tert-OH is 1. The van der Waals surface area contributed by atoms with Gasteiger partial charge in [0.15, 0.2) is 11.2 Å². The molecule has 0 spiro atoms. The highest BCUT2D eigenvalue weighted by Gasteiger charge is 2.24. The van der Waals surface area contributed by atoms with Crippen LogP contribution in [0.3, 0.4) is 0 Å². The number of hydrogen-bond donors (Lipinski definition) is 1. The number of fused-ring (bicyclic) bond motifs is 1. The van der Waals surface area contributed by atoms with Crippen molar-refractivity contribution < 1.29 is 23.4 Å². The zero-order valence-corrected chi connectivity index (χ0v) is 19.9. The fourth-order valence-electron chi connectivity index (χ4n) is 3.77. The number of ether oxygens (including phenoxy) is 2. The van der Waals surface area contributed by atoms with E-state index in [4.69, 9.17) is 4.74 Å². The minimum atomic E-state index is -3.39. The molecule has 1 aromatic carbocycles. The Morgan fingerprint density at radius 1 is 1.06 bits per heavy atom. The van der Waals surface area contributed by atoms with Crippen molar-refractivity contribution in [2.45, 2.75) is 39.5 Å². The van der Waals surface area contributed by atoms with Crippen LogP contribution in [-0.2, 0) is 20.1 Å². The molecule has 4 aromatic rings. The van der Waals surface area contributed by atoms with Gasteiger partial charge in [0.1, 0.15) is 11.5 Å². The Hall–Kier alpha value is -4.06. The molecule has 0 aliphatic heterocycles. The van der Waals surface area contributed by atoms with Crippen molar-refractivity contribution in [2.75, 3.05) is 6.61 Å². The van der Waals surface area contributed by atoms with Crippen LogP contribution < -0.4 is 20.7 Å². The van der Waals surface area contributed by atoms with Gasteiger partial charge < -0.3 is 14.6 Å². The molecule has 1 N–H and O–H groups in total. The van der Waals surface area contributed by atoms with Gasteiger partial charge in [-0.05, 0) is 37.6 Å². The quantitative estimate of drug-likeness (QED) is 0.375. The lowest BCUT2D eigenvalue weighted by Crippen LogP contribution is -2.40. The zero-order chi connectivity index (χ0) is 26.0. The Balaban J connectivity index is 1.88. The van der Waals surface area contributed by atoms with E-state index >= 15 is 0 Å². The van der Waals surface area contributed by atoms with E-state index in [1.54, 1.807) is 6.07 Å². The monoisotopic (exact) mass is 501 g/mol. The van der Waals surface area contributed by atoms with E-state index in [2.05, 4.69) is 14.7 Å². The molecule has 4 rings (SSSR count). The number of rotatable bonds is 9. The van der Waals surface area contributed by atoms with Gasteiger partial charge >= 0.3 is 17.8 Å². The molecule has 3 heterocycles. The second kappa shape index (κ2) is 9.90. The molecule has 0 atom stereocenters. The molecule has 0 radical (unpaired) electrons. The summed E-state index contributed by atoms with van der Waals surface area (Å²) in [4.78, 5) is 35.1. The van der Waals surface area contributed by atoms with Crippen LogP contribution in [0.25, 0.3) is 11.2 Å². The second-order valence-corrected chi connectivity index (χ2v) is 8.29. The van der Waals surface area contributed by atoms with Crippen LogP contribution >= 0.6 is 0 Å². The normalized spacial score (nSPS) is 11.7. The summed E-state index contributed by atoms with van der Waals surface area (Å²) in [5.74, 6) is 0.0119. The predicted molar refractivity (Wildman–Crippen MR) is 127 cm³/mol. The van der Waals surface area contributed by atoms with E-state index in [1.807, 2.05) is 19.1 Å². The van der Waals surface area contributed by atoms with Crippen LogP contribution in [0.15, 0.2) is 52.1 Å². The van der Waals surface area contributed by atoms with Gasteiger partial charge in [-0.3, -0.25) is 23.5 Å². The van der Waals surface area contributed by atoms with Crippen LogP contribution in [0, 0.1) is 6.92 Å².